The Hall–Kier alpha value is -0.500. The van der Waals surface area contributed by atoms with Crippen LogP contribution in [0.5, 0.6) is 0 Å². The van der Waals surface area contributed by atoms with Gasteiger partial charge in [-0.2, -0.15) is 0 Å². The number of piperidine rings is 1. The van der Waals surface area contributed by atoms with Crippen LogP contribution < -0.4 is 5.32 Å². The van der Waals surface area contributed by atoms with Crippen LogP contribution in [-0.2, 0) is 0 Å². The summed E-state index contributed by atoms with van der Waals surface area (Å²) in [4.78, 5) is 2.78. The van der Waals surface area contributed by atoms with Gasteiger partial charge in [0.1, 0.15) is 0 Å². The Morgan fingerprint density at radius 2 is 1.86 bits per heavy atom. The number of nitrogens with zero attached hydrogens (tertiary/aromatic N) is 1. The number of likely N-dealkylation sites (tertiary alicyclic amines) is 1. The average Bonchev–Trinajstić information content (AvgIpc) is 3.17. The van der Waals surface area contributed by atoms with Crippen molar-refractivity contribution in [3.05, 3.63) is 11.8 Å². The first-order chi connectivity index (χ1) is 10.2. The van der Waals surface area contributed by atoms with E-state index in [1.54, 1.807) is 5.57 Å². The molecule has 1 aliphatic heterocycles. The minimum absolute atomic E-state index is 0.640. The van der Waals surface area contributed by atoms with Crippen molar-refractivity contribution >= 4 is 0 Å². The van der Waals surface area contributed by atoms with E-state index in [-0.39, 0.29) is 0 Å². The number of hydrogen-bond acceptors (Lipinski definition) is 2. The number of allylic oxidation sites excluding steroid dienone is 1. The molecule has 0 radical (unpaired) electrons. The third kappa shape index (κ3) is 4.03. The molecule has 120 valence electrons. The Bertz CT molecular complexity index is 352. The van der Waals surface area contributed by atoms with E-state index in [0.29, 0.717) is 5.41 Å². The zero-order valence-corrected chi connectivity index (χ0v) is 14.2. The summed E-state index contributed by atoms with van der Waals surface area (Å²) in [5, 5.41) is 3.55. The number of nitrogens with one attached hydrogen (secondary N) is 1. The van der Waals surface area contributed by atoms with Gasteiger partial charge in [-0.25, -0.2) is 0 Å². The summed E-state index contributed by atoms with van der Waals surface area (Å²) in [5.74, 6) is 1.75. The summed E-state index contributed by atoms with van der Waals surface area (Å²) < 4.78 is 0. The first kappa shape index (κ1) is 15.4. The Kier molecular flexibility index (Phi) is 4.93. The molecule has 0 aromatic heterocycles. The zero-order chi connectivity index (χ0) is 14.7. The zero-order valence-electron chi connectivity index (χ0n) is 14.2. The fourth-order valence-electron chi connectivity index (χ4n) is 4.38. The molecule has 0 unspecified atom stereocenters. The molecule has 0 amide bonds. The van der Waals surface area contributed by atoms with E-state index in [1.807, 2.05) is 0 Å². The van der Waals surface area contributed by atoms with Crippen LogP contribution in [0.2, 0.25) is 0 Å². The number of hydrogen-bond donors (Lipinski definition) is 1. The lowest BCUT2D eigenvalue weighted by molar-refractivity contribution is 0.0790. The van der Waals surface area contributed by atoms with Gasteiger partial charge in [0.25, 0.3) is 0 Å². The molecule has 2 aliphatic carbocycles. The summed E-state index contributed by atoms with van der Waals surface area (Å²) in [5.41, 5.74) is 2.26. The van der Waals surface area contributed by atoms with Crippen LogP contribution in [0.25, 0.3) is 0 Å². The van der Waals surface area contributed by atoms with Crippen LogP contribution in [0.3, 0.4) is 0 Å². The highest BCUT2D eigenvalue weighted by Gasteiger charge is 2.38. The molecular weight excluding hydrogens is 256 g/mol. The van der Waals surface area contributed by atoms with E-state index in [0.717, 1.165) is 11.8 Å². The van der Waals surface area contributed by atoms with Gasteiger partial charge in [-0.3, -0.25) is 0 Å². The van der Waals surface area contributed by atoms with Gasteiger partial charge in [0, 0.05) is 13.1 Å². The normalized spacial score (nSPS) is 26.3. The molecule has 1 heterocycles. The molecule has 0 aromatic carbocycles. The molecule has 21 heavy (non-hydrogen) atoms. The summed E-state index contributed by atoms with van der Waals surface area (Å²) >= 11 is 0. The highest BCUT2D eigenvalue weighted by atomic mass is 15.1. The molecule has 2 heteroatoms. The molecule has 2 nitrogen and oxygen atoms in total. The van der Waals surface area contributed by atoms with Crippen LogP contribution in [-0.4, -0.2) is 31.1 Å². The third-order valence-electron chi connectivity index (χ3n) is 6.32. The summed E-state index contributed by atoms with van der Waals surface area (Å²) in [6, 6.07) is 0. The molecular formula is C19H34N2. The maximum absolute atomic E-state index is 3.55. The van der Waals surface area contributed by atoms with Gasteiger partial charge in [0.15, 0.2) is 0 Å². The van der Waals surface area contributed by atoms with Gasteiger partial charge < -0.3 is 10.2 Å². The van der Waals surface area contributed by atoms with Crippen LogP contribution in [0.4, 0.5) is 0 Å². The van der Waals surface area contributed by atoms with E-state index in [9.17, 15) is 0 Å². The lowest BCUT2D eigenvalue weighted by Gasteiger charge is -2.41. The Morgan fingerprint density at radius 1 is 1.19 bits per heavy atom. The highest BCUT2D eigenvalue weighted by molar-refractivity contribution is 5.15. The van der Waals surface area contributed by atoms with Gasteiger partial charge in [0.05, 0.1) is 0 Å². The fraction of sp³-hybridized carbons (Fsp3) is 0.895. The van der Waals surface area contributed by atoms with Crippen molar-refractivity contribution in [2.45, 2.75) is 65.2 Å². The summed E-state index contributed by atoms with van der Waals surface area (Å²) in [7, 11) is 0. The predicted molar refractivity (Wildman–Crippen MR) is 90.2 cm³/mol. The van der Waals surface area contributed by atoms with E-state index in [2.05, 4.69) is 30.3 Å². The lowest BCUT2D eigenvalue weighted by Crippen LogP contribution is -2.44. The van der Waals surface area contributed by atoms with Crippen molar-refractivity contribution in [1.82, 2.24) is 10.2 Å². The largest absolute Gasteiger partial charge is 0.391 e. The lowest BCUT2D eigenvalue weighted by atomic mass is 9.75. The van der Waals surface area contributed by atoms with E-state index < -0.39 is 0 Å². The van der Waals surface area contributed by atoms with Crippen LogP contribution in [0.1, 0.15) is 65.2 Å². The molecule has 0 atom stereocenters. The molecule has 0 aromatic rings. The van der Waals surface area contributed by atoms with Gasteiger partial charge in [-0.05, 0) is 75.1 Å². The standard InChI is InChI=1S/C19H34N2/c1-16(2)19(9-3-4-10-19)15-21-11-7-18(8-12-21)14-20-13-17-5-6-17/h13,16,18,20H,3-12,14-15H2,1-2H3. The smallest absolute Gasteiger partial charge is 0.0170 e. The Morgan fingerprint density at radius 3 is 2.43 bits per heavy atom. The summed E-state index contributed by atoms with van der Waals surface area (Å²) in [6.45, 7) is 10.1. The van der Waals surface area contributed by atoms with Crippen molar-refractivity contribution in [1.29, 1.82) is 0 Å². The first-order valence-electron chi connectivity index (χ1n) is 9.32. The molecule has 1 saturated heterocycles. The predicted octanol–water partition coefficient (Wildman–Crippen LogP) is 4.18. The molecule has 3 fully saturated rings. The van der Waals surface area contributed by atoms with Gasteiger partial charge in [0.2, 0.25) is 0 Å². The first-order valence-corrected chi connectivity index (χ1v) is 9.32. The summed E-state index contributed by atoms with van der Waals surface area (Å²) in [6.07, 6.45) is 13.6. The topological polar surface area (TPSA) is 15.3 Å². The quantitative estimate of drug-likeness (QED) is 0.789. The van der Waals surface area contributed by atoms with Crippen molar-refractivity contribution in [3.8, 4) is 0 Å². The fourth-order valence-corrected chi connectivity index (χ4v) is 4.38. The van der Waals surface area contributed by atoms with Crippen LogP contribution in [0, 0.1) is 17.3 Å². The second-order valence-electron chi connectivity index (χ2n) is 8.15. The van der Waals surface area contributed by atoms with Crippen molar-refractivity contribution in [3.63, 3.8) is 0 Å². The number of rotatable bonds is 6. The second kappa shape index (κ2) is 6.73. The molecule has 2 saturated carbocycles. The SMILES string of the molecule is CC(C)C1(CN2CCC(CNC=C3CC3)CC2)CCCC1. The Balaban J connectivity index is 1.41. The van der Waals surface area contributed by atoms with Gasteiger partial charge >= 0.3 is 0 Å². The minimum Gasteiger partial charge on any atom is -0.391 e. The van der Waals surface area contributed by atoms with Crippen LogP contribution in [0.15, 0.2) is 11.8 Å². The van der Waals surface area contributed by atoms with E-state index >= 15 is 0 Å². The van der Waals surface area contributed by atoms with Crippen molar-refractivity contribution < 1.29 is 0 Å². The molecule has 3 rings (SSSR count). The third-order valence-corrected chi connectivity index (χ3v) is 6.32. The maximum Gasteiger partial charge on any atom is 0.0170 e. The molecule has 0 spiro atoms. The monoisotopic (exact) mass is 290 g/mol. The van der Waals surface area contributed by atoms with Crippen molar-refractivity contribution in [2.24, 2.45) is 17.3 Å². The average molecular weight is 290 g/mol. The second-order valence-corrected chi connectivity index (χ2v) is 8.15. The van der Waals surface area contributed by atoms with E-state index in [1.165, 1.54) is 77.5 Å². The Labute approximate surface area is 131 Å². The van der Waals surface area contributed by atoms with E-state index in [4.69, 9.17) is 0 Å². The van der Waals surface area contributed by atoms with Gasteiger partial charge in [-0.1, -0.05) is 32.3 Å². The minimum atomic E-state index is 0.640. The highest BCUT2D eigenvalue weighted by Crippen LogP contribution is 2.45. The van der Waals surface area contributed by atoms with Crippen LogP contribution >= 0.6 is 0 Å². The maximum atomic E-state index is 3.55. The molecule has 0 bridgehead atoms. The molecule has 1 N–H and O–H groups in total. The van der Waals surface area contributed by atoms with Gasteiger partial charge in [-0.15, -0.1) is 0 Å². The van der Waals surface area contributed by atoms with Crippen molar-refractivity contribution in [2.75, 3.05) is 26.2 Å². The molecule has 3 aliphatic rings.